The van der Waals surface area contributed by atoms with E-state index >= 15 is 0 Å². The molecule has 0 aliphatic carbocycles. The van der Waals surface area contributed by atoms with Crippen LogP contribution in [-0.4, -0.2) is 53.4 Å². The fourth-order valence-corrected chi connectivity index (χ4v) is 2.53. The number of carboxylic acid groups (broad SMARTS) is 1. The number of ether oxygens (including phenoxy) is 1. The number of pyridine rings is 1. The molecule has 1 aromatic heterocycles. The number of aromatic nitrogens is 1. The average Bonchev–Trinajstić information content (AvgIpc) is 2.35. The summed E-state index contributed by atoms with van der Waals surface area (Å²) in [5.74, 6) is -0.426. The number of hydrogen-bond donors (Lipinski definition) is 0. The third-order valence-electron chi connectivity index (χ3n) is 2.45. The average molecular weight is 285 g/mol. The van der Waals surface area contributed by atoms with Crippen LogP contribution in [0.25, 0.3) is 10.9 Å². The molecule has 1 radical (unpaired) electrons. The van der Waals surface area contributed by atoms with Gasteiger partial charge < -0.3 is 14.6 Å². The van der Waals surface area contributed by atoms with Crippen molar-refractivity contribution in [1.82, 2.24) is 4.98 Å². The molecule has 1 aromatic carbocycles. The topological polar surface area (TPSA) is 62.2 Å². The first kappa shape index (κ1) is 16.3. The van der Waals surface area contributed by atoms with Gasteiger partial charge in [-0.1, -0.05) is 0 Å². The maximum Gasteiger partial charge on any atom is 0.119 e. The number of nitrogens with zero attached hydrogens (tertiary/aromatic N) is 1. The van der Waals surface area contributed by atoms with E-state index in [0.717, 1.165) is 27.2 Å². The van der Waals surface area contributed by atoms with Crippen LogP contribution in [0.4, 0.5) is 0 Å². The molecule has 2 aromatic rings. The molecule has 0 saturated carbocycles. The Labute approximate surface area is 137 Å². The summed E-state index contributed by atoms with van der Waals surface area (Å²) in [5, 5.41) is 11.4. The quantitative estimate of drug-likeness (QED) is 0.620. The Morgan fingerprint density at radius 3 is 2.79 bits per heavy atom. The number of carbonyl (C=O) groups excluding carboxylic acids is 1. The predicted molar refractivity (Wildman–Crippen MR) is 74.5 cm³/mol. The van der Waals surface area contributed by atoms with Crippen LogP contribution in [-0.2, 0) is 4.79 Å². The second kappa shape index (κ2) is 7.14. The predicted octanol–water partition coefficient (Wildman–Crippen LogP) is 1.01. The molecule has 4 nitrogen and oxygen atoms in total. The summed E-state index contributed by atoms with van der Waals surface area (Å²) in [6, 6.07) is 7.43. The van der Waals surface area contributed by atoms with Crippen LogP contribution in [0.1, 0.15) is 5.69 Å². The standard InChI is InChI=1S/C13H13NO3S.Na/c1-8-5-12(18-7-13(15)16)10-6-9(17-2)3-4-11(10)14-8;/h3-6H,7H2,1-2H3,(H,15,16);/p-1. The fourth-order valence-electron chi connectivity index (χ4n) is 1.68. The number of benzene rings is 1. The third kappa shape index (κ3) is 4.11. The van der Waals surface area contributed by atoms with E-state index in [9.17, 15) is 9.90 Å². The van der Waals surface area contributed by atoms with Crippen LogP contribution in [0.2, 0.25) is 0 Å². The number of hydrogen-bond acceptors (Lipinski definition) is 5. The van der Waals surface area contributed by atoms with Gasteiger partial charge in [0.15, 0.2) is 0 Å². The smallest absolute Gasteiger partial charge is 0.119 e. The second-order valence-electron chi connectivity index (χ2n) is 3.81. The second-order valence-corrected chi connectivity index (χ2v) is 4.82. The van der Waals surface area contributed by atoms with Crippen LogP contribution in [0, 0.1) is 6.92 Å². The fraction of sp³-hybridized carbons (Fsp3) is 0.231. The zero-order valence-corrected chi connectivity index (χ0v) is 13.9. The van der Waals surface area contributed by atoms with E-state index in [1.165, 1.54) is 11.8 Å². The summed E-state index contributed by atoms with van der Waals surface area (Å²) in [6.07, 6.45) is 0. The molecule has 95 valence electrons. The van der Waals surface area contributed by atoms with Crippen molar-refractivity contribution in [2.75, 3.05) is 12.9 Å². The normalized spacial score (nSPS) is 10.0. The first-order valence-corrected chi connectivity index (χ1v) is 6.37. The number of thioether (sulfide) groups is 1. The zero-order valence-electron chi connectivity index (χ0n) is 11.1. The Morgan fingerprint density at radius 2 is 2.16 bits per heavy atom. The van der Waals surface area contributed by atoms with Gasteiger partial charge in [0.25, 0.3) is 0 Å². The van der Waals surface area contributed by atoms with Crippen LogP contribution in [0.5, 0.6) is 5.75 Å². The number of aryl methyl sites for hydroxylation is 1. The number of carboxylic acids is 1. The van der Waals surface area contributed by atoms with Crippen LogP contribution < -0.4 is 9.84 Å². The molecule has 0 bridgehead atoms. The summed E-state index contributed by atoms with van der Waals surface area (Å²) in [4.78, 5) is 15.8. The van der Waals surface area contributed by atoms with Crippen molar-refractivity contribution in [2.24, 2.45) is 0 Å². The summed E-state index contributed by atoms with van der Waals surface area (Å²) >= 11 is 1.23. The minimum Gasteiger partial charge on any atom is -0.549 e. The van der Waals surface area contributed by atoms with Crippen molar-refractivity contribution >= 4 is 58.2 Å². The number of carbonyl (C=O) groups is 1. The van der Waals surface area contributed by atoms with Crippen molar-refractivity contribution in [3.63, 3.8) is 0 Å². The van der Waals surface area contributed by atoms with Crippen molar-refractivity contribution < 1.29 is 14.6 Å². The molecular weight excluding hydrogens is 273 g/mol. The molecule has 0 amide bonds. The number of methoxy groups -OCH3 is 1. The summed E-state index contributed by atoms with van der Waals surface area (Å²) in [7, 11) is 1.59. The minimum atomic E-state index is -1.08. The van der Waals surface area contributed by atoms with Crippen molar-refractivity contribution in [3.05, 3.63) is 30.0 Å². The minimum absolute atomic E-state index is 0. The SMILES string of the molecule is COc1ccc2nc(C)cc(SCC(=O)[O-])c2c1.[Na]. The van der Waals surface area contributed by atoms with E-state index in [2.05, 4.69) is 4.98 Å². The van der Waals surface area contributed by atoms with Gasteiger partial charge in [-0.3, -0.25) is 4.98 Å². The molecule has 0 N–H and O–H groups in total. The molecule has 0 fully saturated rings. The zero-order chi connectivity index (χ0) is 13.1. The maximum absolute atomic E-state index is 10.5. The van der Waals surface area contributed by atoms with Gasteiger partial charge in [-0.25, -0.2) is 0 Å². The Bertz CT molecular complexity index is 604. The molecule has 0 unspecified atom stereocenters. The molecule has 0 saturated heterocycles. The Kier molecular flexibility index (Phi) is 6.13. The van der Waals surface area contributed by atoms with Crippen molar-refractivity contribution in [1.29, 1.82) is 0 Å². The van der Waals surface area contributed by atoms with Crippen LogP contribution in [0.15, 0.2) is 29.2 Å². The molecule has 2 rings (SSSR count). The largest absolute Gasteiger partial charge is 0.549 e. The Balaban J connectivity index is 0.00000180. The van der Waals surface area contributed by atoms with Gasteiger partial charge in [0.2, 0.25) is 0 Å². The first-order chi connectivity index (χ1) is 8.60. The van der Waals surface area contributed by atoms with E-state index in [1.54, 1.807) is 7.11 Å². The summed E-state index contributed by atoms with van der Waals surface area (Å²) < 4.78 is 5.17. The van der Waals surface area contributed by atoms with Gasteiger partial charge >= 0.3 is 0 Å². The van der Waals surface area contributed by atoms with Gasteiger partial charge in [0.1, 0.15) is 5.75 Å². The molecule has 1 heterocycles. The van der Waals surface area contributed by atoms with Gasteiger partial charge in [-0.05, 0) is 31.2 Å². The Hall–Kier alpha value is -0.750. The molecule has 0 atom stereocenters. The molecule has 19 heavy (non-hydrogen) atoms. The van der Waals surface area contributed by atoms with Gasteiger partial charge in [-0.2, -0.15) is 0 Å². The summed E-state index contributed by atoms with van der Waals surface area (Å²) in [6.45, 7) is 1.88. The molecule has 0 aliphatic heterocycles. The van der Waals surface area contributed by atoms with Gasteiger partial charge in [-0.15, -0.1) is 11.8 Å². The maximum atomic E-state index is 10.5. The van der Waals surface area contributed by atoms with Crippen LogP contribution in [0.3, 0.4) is 0 Å². The van der Waals surface area contributed by atoms with Crippen molar-refractivity contribution in [3.8, 4) is 5.75 Å². The van der Waals surface area contributed by atoms with Gasteiger partial charge in [0, 0.05) is 51.3 Å². The van der Waals surface area contributed by atoms with E-state index in [0.29, 0.717) is 0 Å². The van der Waals surface area contributed by atoms with Gasteiger partial charge in [0.05, 0.1) is 18.6 Å². The van der Waals surface area contributed by atoms with E-state index in [-0.39, 0.29) is 35.3 Å². The molecule has 0 aliphatic rings. The monoisotopic (exact) mass is 285 g/mol. The van der Waals surface area contributed by atoms with E-state index in [1.807, 2.05) is 31.2 Å². The third-order valence-corrected chi connectivity index (χ3v) is 3.48. The summed E-state index contributed by atoms with van der Waals surface area (Å²) in [5.41, 5.74) is 1.69. The molecule has 6 heteroatoms. The van der Waals surface area contributed by atoms with Crippen LogP contribution >= 0.6 is 11.8 Å². The number of aliphatic carboxylic acids is 1. The van der Waals surface area contributed by atoms with Crippen molar-refractivity contribution in [2.45, 2.75) is 11.8 Å². The number of rotatable bonds is 4. The van der Waals surface area contributed by atoms with E-state index < -0.39 is 5.97 Å². The first-order valence-electron chi connectivity index (χ1n) is 5.38. The Morgan fingerprint density at radius 1 is 1.42 bits per heavy atom. The molecular formula is C13H12NNaO3S-. The number of fused-ring (bicyclic) bond motifs is 1. The van der Waals surface area contributed by atoms with E-state index in [4.69, 9.17) is 4.74 Å². The molecule has 0 spiro atoms.